The third-order valence-electron chi connectivity index (χ3n) is 1.80. The zero-order chi connectivity index (χ0) is 9.56. The summed E-state index contributed by atoms with van der Waals surface area (Å²) in [6.45, 7) is 3.11. The van der Waals surface area contributed by atoms with Crippen molar-refractivity contribution in [2.45, 2.75) is 19.4 Å². The molecule has 0 rings (SSSR count). The van der Waals surface area contributed by atoms with E-state index in [2.05, 4.69) is 5.32 Å². The van der Waals surface area contributed by atoms with Crippen LogP contribution in [0, 0.1) is 0 Å². The van der Waals surface area contributed by atoms with Gasteiger partial charge in [-0.3, -0.25) is 4.79 Å². The number of hydrogen-bond acceptors (Lipinski definition) is 3. The number of likely N-dealkylation sites (N-methyl/N-ethyl adjacent to an activating group) is 1. The maximum absolute atomic E-state index is 11.1. The predicted octanol–water partition coefficient (Wildman–Crippen LogP) is -0.598. The molecular formula is C8H19N3O. The van der Waals surface area contributed by atoms with Crippen molar-refractivity contribution in [3.05, 3.63) is 0 Å². The van der Waals surface area contributed by atoms with Crippen LogP contribution in [-0.4, -0.2) is 44.0 Å². The SMILES string of the molecule is CCNC(=O)CC(CN)N(C)C. The zero-order valence-corrected chi connectivity index (χ0v) is 8.13. The number of hydrogen-bond donors (Lipinski definition) is 2. The Morgan fingerprint density at radius 2 is 2.17 bits per heavy atom. The minimum Gasteiger partial charge on any atom is -0.356 e. The van der Waals surface area contributed by atoms with Gasteiger partial charge in [-0.1, -0.05) is 0 Å². The minimum atomic E-state index is 0.0710. The van der Waals surface area contributed by atoms with Gasteiger partial charge in [-0.2, -0.15) is 0 Å². The van der Waals surface area contributed by atoms with Crippen molar-refractivity contribution < 1.29 is 4.79 Å². The highest BCUT2D eigenvalue weighted by Gasteiger charge is 2.12. The number of rotatable bonds is 5. The fourth-order valence-corrected chi connectivity index (χ4v) is 0.960. The van der Waals surface area contributed by atoms with Crippen LogP contribution >= 0.6 is 0 Å². The van der Waals surface area contributed by atoms with Gasteiger partial charge < -0.3 is 16.0 Å². The van der Waals surface area contributed by atoms with E-state index in [0.29, 0.717) is 19.5 Å². The molecule has 0 bridgehead atoms. The fourth-order valence-electron chi connectivity index (χ4n) is 0.960. The molecule has 0 aromatic heterocycles. The molecule has 72 valence electrons. The van der Waals surface area contributed by atoms with Gasteiger partial charge in [-0.05, 0) is 21.0 Å². The third kappa shape index (κ3) is 4.31. The van der Waals surface area contributed by atoms with Crippen LogP contribution in [-0.2, 0) is 4.79 Å². The van der Waals surface area contributed by atoms with Crippen LogP contribution in [0.1, 0.15) is 13.3 Å². The average Bonchev–Trinajstić information content (AvgIpc) is 2.00. The molecule has 1 amide bonds. The first-order valence-electron chi connectivity index (χ1n) is 4.25. The molecule has 0 heterocycles. The number of carbonyl (C=O) groups is 1. The average molecular weight is 173 g/mol. The Morgan fingerprint density at radius 1 is 1.58 bits per heavy atom. The molecule has 0 aliphatic rings. The Hall–Kier alpha value is -0.610. The van der Waals surface area contributed by atoms with Crippen LogP contribution in [0.25, 0.3) is 0 Å². The van der Waals surface area contributed by atoms with E-state index in [1.165, 1.54) is 0 Å². The van der Waals surface area contributed by atoms with Crippen LogP contribution in [0.4, 0.5) is 0 Å². The van der Waals surface area contributed by atoms with Crippen LogP contribution in [0.2, 0.25) is 0 Å². The monoisotopic (exact) mass is 173 g/mol. The standard InChI is InChI=1S/C8H19N3O/c1-4-10-8(12)5-7(6-9)11(2)3/h7H,4-6,9H2,1-3H3,(H,10,12). The third-order valence-corrected chi connectivity index (χ3v) is 1.80. The second kappa shape index (κ2) is 5.97. The van der Waals surface area contributed by atoms with Gasteiger partial charge in [0.05, 0.1) is 0 Å². The summed E-state index contributed by atoms with van der Waals surface area (Å²) in [7, 11) is 3.85. The second-order valence-electron chi connectivity index (χ2n) is 3.01. The normalized spacial score (nSPS) is 13.1. The summed E-state index contributed by atoms with van der Waals surface area (Å²) in [6.07, 6.45) is 0.483. The second-order valence-corrected chi connectivity index (χ2v) is 3.01. The Morgan fingerprint density at radius 3 is 2.50 bits per heavy atom. The summed E-state index contributed by atoms with van der Waals surface area (Å²) >= 11 is 0. The van der Waals surface area contributed by atoms with Crippen molar-refractivity contribution >= 4 is 5.91 Å². The van der Waals surface area contributed by atoms with E-state index >= 15 is 0 Å². The molecule has 1 unspecified atom stereocenters. The molecule has 0 aliphatic heterocycles. The number of carbonyl (C=O) groups excluding carboxylic acids is 1. The number of nitrogens with zero attached hydrogens (tertiary/aromatic N) is 1. The molecule has 1 atom stereocenters. The van der Waals surface area contributed by atoms with Crippen molar-refractivity contribution in [1.29, 1.82) is 0 Å². The zero-order valence-electron chi connectivity index (χ0n) is 8.13. The van der Waals surface area contributed by atoms with Crippen LogP contribution in [0.15, 0.2) is 0 Å². The number of amides is 1. The number of nitrogens with two attached hydrogens (primary N) is 1. The first kappa shape index (κ1) is 11.4. The number of nitrogens with one attached hydrogen (secondary N) is 1. The highest BCUT2D eigenvalue weighted by atomic mass is 16.1. The van der Waals surface area contributed by atoms with Crippen molar-refractivity contribution in [2.24, 2.45) is 5.73 Å². The summed E-state index contributed by atoms with van der Waals surface area (Å²) < 4.78 is 0. The van der Waals surface area contributed by atoms with Gasteiger partial charge in [0.25, 0.3) is 0 Å². The van der Waals surface area contributed by atoms with Gasteiger partial charge in [-0.15, -0.1) is 0 Å². The van der Waals surface area contributed by atoms with Crippen molar-refractivity contribution in [3.8, 4) is 0 Å². The quantitative estimate of drug-likeness (QED) is 0.584. The maximum Gasteiger partial charge on any atom is 0.221 e. The highest BCUT2D eigenvalue weighted by molar-refractivity contribution is 5.76. The molecule has 12 heavy (non-hydrogen) atoms. The molecule has 0 saturated carbocycles. The Bertz CT molecular complexity index is 136. The Balaban J connectivity index is 3.77. The van der Waals surface area contributed by atoms with Gasteiger partial charge >= 0.3 is 0 Å². The molecule has 0 aliphatic carbocycles. The topological polar surface area (TPSA) is 58.4 Å². The fraction of sp³-hybridized carbons (Fsp3) is 0.875. The molecule has 0 aromatic rings. The molecular weight excluding hydrogens is 154 g/mol. The van der Waals surface area contributed by atoms with Gasteiger partial charge in [0.2, 0.25) is 5.91 Å². The van der Waals surface area contributed by atoms with E-state index in [9.17, 15) is 4.79 Å². The summed E-state index contributed by atoms with van der Waals surface area (Å²) in [6, 6.07) is 0.150. The lowest BCUT2D eigenvalue weighted by molar-refractivity contribution is -0.122. The Labute approximate surface area is 74.1 Å². The minimum absolute atomic E-state index is 0.0710. The first-order valence-corrected chi connectivity index (χ1v) is 4.25. The van der Waals surface area contributed by atoms with E-state index in [1.807, 2.05) is 25.9 Å². The molecule has 0 fully saturated rings. The molecule has 0 saturated heterocycles. The van der Waals surface area contributed by atoms with Crippen LogP contribution in [0.3, 0.4) is 0 Å². The van der Waals surface area contributed by atoms with Gasteiger partial charge in [0.15, 0.2) is 0 Å². The van der Waals surface area contributed by atoms with E-state index in [4.69, 9.17) is 5.73 Å². The lowest BCUT2D eigenvalue weighted by Gasteiger charge is -2.21. The molecule has 4 heteroatoms. The molecule has 0 spiro atoms. The molecule has 0 aromatic carbocycles. The lowest BCUT2D eigenvalue weighted by atomic mass is 10.2. The van der Waals surface area contributed by atoms with Gasteiger partial charge in [0.1, 0.15) is 0 Å². The summed E-state index contributed by atoms with van der Waals surface area (Å²) in [5.41, 5.74) is 5.50. The van der Waals surface area contributed by atoms with E-state index in [-0.39, 0.29) is 11.9 Å². The smallest absolute Gasteiger partial charge is 0.221 e. The van der Waals surface area contributed by atoms with E-state index in [1.54, 1.807) is 0 Å². The van der Waals surface area contributed by atoms with Crippen molar-refractivity contribution in [2.75, 3.05) is 27.2 Å². The van der Waals surface area contributed by atoms with E-state index < -0.39 is 0 Å². The van der Waals surface area contributed by atoms with Gasteiger partial charge in [0, 0.05) is 25.6 Å². The molecule has 3 N–H and O–H groups in total. The highest BCUT2D eigenvalue weighted by Crippen LogP contribution is 1.96. The van der Waals surface area contributed by atoms with E-state index in [0.717, 1.165) is 0 Å². The van der Waals surface area contributed by atoms with Gasteiger partial charge in [-0.25, -0.2) is 0 Å². The summed E-state index contributed by atoms with van der Waals surface area (Å²) in [5.74, 6) is 0.0710. The summed E-state index contributed by atoms with van der Waals surface area (Å²) in [5, 5.41) is 2.74. The van der Waals surface area contributed by atoms with Crippen molar-refractivity contribution in [3.63, 3.8) is 0 Å². The maximum atomic E-state index is 11.1. The van der Waals surface area contributed by atoms with Crippen molar-refractivity contribution in [1.82, 2.24) is 10.2 Å². The molecule has 4 nitrogen and oxygen atoms in total. The summed E-state index contributed by atoms with van der Waals surface area (Å²) in [4.78, 5) is 13.1. The molecule has 0 radical (unpaired) electrons. The van der Waals surface area contributed by atoms with Crippen LogP contribution < -0.4 is 11.1 Å². The van der Waals surface area contributed by atoms with Crippen LogP contribution in [0.5, 0.6) is 0 Å². The lowest BCUT2D eigenvalue weighted by Crippen LogP contribution is -2.39. The predicted molar refractivity (Wildman–Crippen MR) is 49.8 cm³/mol. The first-order chi connectivity index (χ1) is 5.61. The Kier molecular flexibility index (Phi) is 5.66. The largest absolute Gasteiger partial charge is 0.356 e.